The summed E-state index contributed by atoms with van der Waals surface area (Å²) in [5.41, 5.74) is -0.0736. The molecule has 32 heavy (non-hydrogen) atoms. The molecule has 3 aliphatic rings. The summed E-state index contributed by atoms with van der Waals surface area (Å²) in [7, 11) is 0. The molecular formula is C21H31ClN8OS. The van der Waals surface area contributed by atoms with Crippen molar-refractivity contribution in [3.63, 3.8) is 0 Å². The molecule has 0 spiro atoms. The van der Waals surface area contributed by atoms with E-state index in [1.807, 2.05) is 18.3 Å². The van der Waals surface area contributed by atoms with Gasteiger partial charge in [0.05, 0.1) is 30.2 Å². The molecule has 2 unspecified atom stereocenters. The van der Waals surface area contributed by atoms with E-state index >= 15 is 0 Å². The molecule has 2 saturated carbocycles. The van der Waals surface area contributed by atoms with Crippen LogP contribution in [0, 0.1) is 11.8 Å². The van der Waals surface area contributed by atoms with Gasteiger partial charge >= 0.3 is 0 Å². The van der Waals surface area contributed by atoms with Crippen LogP contribution in [0.3, 0.4) is 0 Å². The highest BCUT2D eigenvalue weighted by atomic mass is 35.5. The van der Waals surface area contributed by atoms with Gasteiger partial charge in [0.2, 0.25) is 5.95 Å². The third-order valence-corrected chi connectivity index (χ3v) is 7.44. The van der Waals surface area contributed by atoms with Crippen molar-refractivity contribution in [2.24, 2.45) is 11.8 Å². The molecule has 0 aromatic carbocycles. The molecule has 1 aliphatic heterocycles. The maximum atomic E-state index is 9.96. The molecule has 2 aliphatic carbocycles. The molecule has 11 heteroatoms. The summed E-state index contributed by atoms with van der Waals surface area (Å²) in [6.07, 6.45) is 10.0. The van der Waals surface area contributed by atoms with Crippen LogP contribution in [0.2, 0.25) is 5.02 Å². The Morgan fingerprint density at radius 3 is 2.62 bits per heavy atom. The second-order valence-electron chi connectivity index (χ2n) is 9.92. The van der Waals surface area contributed by atoms with Gasteiger partial charge in [-0.1, -0.05) is 11.6 Å². The minimum Gasteiger partial charge on any atom is -0.389 e. The lowest BCUT2D eigenvalue weighted by molar-refractivity contribution is 0.0578. The fourth-order valence-electron chi connectivity index (χ4n) is 4.56. The summed E-state index contributed by atoms with van der Waals surface area (Å²) in [5, 5.41) is 21.5. The van der Waals surface area contributed by atoms with Gasteiger partial charge in [-0.25, -0.2) is 14.0 Å². The number of fused-ring (bicyclic) bond motifs is 1. The first kappa shape index (κ1) is 22.2. The molecule has 2 atom stereocenters. The van der Waals surface area contributed by atoms with Crippen molar-refractivity contribution in [3.05, 3.63) is 23.6 Å². The van der Waals surface area contributed by atoms with Crippen molar-refractivity contribution in [2.75, 3.05) is 23.7 Å². The monoisotopic (exact) mass is 478 g/mol. The lowest BCUT2D eigenvalue weighted by atomic mass is 10.0. The summed E-state index contributed by atoms with van der Waals surface area (Å²) < 4.78 is 7.73. The molecular weight excluding hydrogens is 448 g/mol. The first-order valence-corrected chi connectivity index (χ1v) is 12.4. The summed E-state index contributed by atoms with van der Waals surface area (Å²) in [4.78, 5) is 8.91. The number of hydrogen-bond acceptors (Lipinski definition) is 9. The zero-order valence-corrected chi connectivity index (χ0v) is 20.0. The molecule has 0 bridgehead atoms. The van der Waals surface area contributed by atoms with Gasteiger partial charge in [0.1, 0.15) is 5.02 Å². The Balaban J connectivity index is 1.16. The van der Waals surface area contributed by atoms with Gasteiger partial charge in [-0.3, -0.25) is 4.68 Å². The van der Waals surface area contributed by atoms with Crippen LogP contribution in [-0.4, -0.2) is 59.9 Å². The van der Waals surface area contributed by atoms with Crippen LogP contribution < -0.4 is 15.4 Å². The maximum Gasteiger partial charge on any atom is 0.229 e. The van der Waals surface area contributed by atoms with E-state index < -0.39 is 5.60 Å². The Morgan fingerprint density at radius 1 is 1.19 bits per heavy atom. The van der Waals surface area contributed by atoms with Crippen molar-refractivity contribution >= 4 is 41.2 Å². The minimum atomic E-state index is -0.833. The van der Waals surface area contributed by atoms with Gasteiger partial charge in [0.15, 0.2) is 5.82 Å². The highest BCUT2D eigenvalue weighted by Gasteiger charge is 2.41. The normalized spacial score (nSPS) is 25.8. The summed E-state index contributed by atoms with van der Waals surface area (Å²) in [5.74, 6) is 2.58. The summed E-state index contributed by atoms with van der Waals surface area (Å²) >= 11 is 8.21. The smallest absolute Gasteiger partial charge is 0.229 e. The van der Waals surface area contributed by atoms with Crippen molar-refractivity contribution < 1.29 is 5.11 Å². The van der Waals surface area contributed by atoms with Crippen LogP contribution in [0.15, 0.2) is 18.6 Å². The second-order valence-corrected chi connectivity index (χ2v) is 11.3. The van der Waals surface area contributed by atoms with Crippen molar-refractivity contribution in [1.29, 1.82) is 0 Å². The third kappa shape index (κ3) is 5.66. The predicted molar refractivity (Wildman–Crippen MR) is 128 cm³/mol. The number of rotatable bonds is 9. The molecule has 174 valence electrons. The molecule has 3 heterocycles. The number of hydrogen-bond donors (Lipinski definition) is 4. The van der Waals surface area contributed by atoms with E-state index in [9.17, 15) is 5.11 Å². The molecule has 9 nitrogen and oxygen atoms in total. The van der Waals surface area contributed by atoms with E-state index in [1.165, 1.54) is 12.8 Å². The molecule has 5 rings (SSSR count). The average Bonchev–Trinajstić information content (AvgIpc) is 3.15. The molecule has 1 saturated heterocycles. The molecule has 0 amide bonds. The summed E-state index contributed by atoms with van der Waals surface area (Å²) in [6, 6.07) is 1.11. The van der Waals surface area contributed by atoms with E-state index in [2.05, 4.69) is 34.7 Å². The topological polar surface area (TPSA) is 103 Å². The van der Waals surface area contributed by atoms with E-state index in [4.69, 9.17) is 11.6 Å². The Morgan fingerprint density at radius 2 is 1.94 bits per heavy atom. The maximum absolute atomic E-state index is 9.96. The lowest BCUT2D eigenvalue weighted by Crippen LogP contribution is -2.26. The van der Waals surface area contributed by atoms with E-state index in [0.29, 0.717) is 29.4 Å². The van der Waals surface area contributed by atoms with E-state index in [1.54, 1.807) is 30.9 Å². The fraction of sp³-hybridized carbons (Fsp3) is 0.667. The number of halogens is 1. The number of nitrogens with one attached hydrogen (secondary N) is 3. The van der Waals surface area contributed by atoms with Crippen molar-refractivity contribution in [2.45, 2.75) is 63.8 Å². The van der Waals surface area contributed by atoms with Crippen LogP contribution >= 0.6 is 23.7 Å². The van der Waals surface area contributed by atoms with Gasteiger partial charge in [0.25, 0.3) is 0 Å². The SMILES string of the molecule is CC(C)(O)Cn1cc(Nc2ncc(Cl)c(NC3CC4CN(SNC5CC5)CC4C3)n2)cn1. The number of anilines is 3. The number of nitrogens with zero attached hydrogens (tertiary/aromatic N) is 5. The summed E-state index contributed by atoms with van der Waals surface area (Å²) in [6.45, 7) is 6.19. The van der Waals surface area contributed by atoms with Crippen molar-refractivity contribution in [1.82, 2.24) is 28.8 Å². The van der Waals surface area contributed by atoms with Gasteiger partial charge in [-0.15, -0.1) is 0 Å². The largest absolute Gasteiger partial charge is 0.389 e. The van der Waals surface area contributed by atoms with Gasteiger partial charge < -0.3 is 15.7 Å². The van der Waals surface area contributed by atoms with Crippen LogP contribution in [0.1, 0.15) is 39.5 Å². The Hall–Kier alpha value is -1.59. The van der Waals surface area contributed by atoms with Crippen LogP contribution in [0.4, 0.5) is 17.5 Å². The highest BCUT2D eigenvalue weighted by Crippen LogP contribution is 2.41. The zero-order valence-electron chi connectivity index (χ0n) is 18.5. The van der Waals surface area contributed by atoms with E-state index in [-0.39, 0.29) is 0 Å². The first-order chi connectivity index (χ1) is 15.3. The fourth-order valence-corrected chi connectivity index (χ4v) is 5.77. The van der Waals surface area contributed by atoms with E-state index in [0.717, 1.165) is 49.5 Å². The highest BCUT2D eigenvalue weighted by molar-refractivity contribution is 7.95. The van der Waals surface area contributed by atoms with Gasteiger partial charge in [-0.2, -0.15) is 10.1 Å². The lowest BCUT2D eigenvalue weighted by Gasteiger charge is -2.19. The van der Waals surface area contributed by atoms with Gasteiger partial charge in [0, 0.05) is 43.5 Å². The first-order valence-electron chi connectivity index (χ1n) is 11.3. The predicted octanol–water partition coefficient (Wildman–Crippen LogP) is 3.28. The number of aliphatic hydroxyl groups is 1. The molecule has 2 aromatic heterocycles. The van der Waals surface area contributed by atoms with Crippen LogP contribution in [-0.2, 0) is 6.54 Å². The van der Waals surface area contributed by atoms with Crippen molar-refractivity contribution in [3.8, 4) is 0 Å². The Bertz CT molecular complexity index is 932. The Kier molecular flexibility index (Phi) is 6.23. The molecule has 0 radical (unpaired) electrons. The van der Waals surface area contributed by atoms with Crippen LogP contribution in [0.5, 0.6) is 0 Å². The average molecular weight is 479 g/mol. The minimum absolute atomic E-state index is 0.378. The molecule has 2 aromatic rings. The quantitative estimate of drug-likeness (QED) is 0.404. The molecule has 4 N–H and O–H groups in total. The Labute approximate surface area is 198 Å². The number of aromatic nitrogens is 4. The van der Waals surface area contributed by atoms with Crippen LogP contribution in [0.25, 0.3) is 0 Å². The van der Waals surface area contributed by atoms with Gasteiger partial charge in [-0.05, 0) is 51.4 Å². The standard InChI is InChI=1S/C21H31ClN8OS/c1-21(2,31)12-29-11-17(7-24-29)26-20-23-8-18(22)19(27-20)25-16-5-13-9-30(10-14(13)6-16)32-28-15-3-4-15/h7-8,11,13-16,28,31H,3-6,9-10,12H2,1-2H3,(H2,23,25,26,27). The zero-order chi connectivity index (χ0) is 22.3. The molecule has 3 fully saturated rings. The third-order valence-electron chi connectivity index (χ3n) is 6.17. The second kappa shape index (κ2) is 8.98.